The van der Waals surface area contributed by atoms with Gasteiger partial charge in [-0.15, -0.1) is 0 Å². The molecule has 0 saturated carbocycles. The van der Waals surface area contributed by atoms with E-state index in [1.807, 2.05) is 0 Å². The van der Waals surface area contributed by atoms with Gasteiger partial charge in [0, 0.05) is 12.8 Å². The Morgan fingerprint density at radius 2 is 0.568 bits per heavy atom. The summed E-state index contributed by atoms with van der Waals surface area (Å²) < 4.78 is 0. The molecular weight excluding hydrogens is 556 g/mol. The molecule has 0 aliphatic rings. The molecule has 44 heavy (non-hydrogen) atoms. The van der Waals surface area contributed by atoms with E-state index < -0.39 is 18.0 Å². The zero-order valence-corrected chi connectivity index (χ0v) is 29.3. The van der Waals surface area contributed by atoms with Crippen molar-refractivity contribution in [1.29, 1.82) is 0 Å². The number of aliphatic hydroxyl groups is 3. The van der Waals surface area contributed by atoms with E-state index in [-0.39, 0.29) is 13.2 Å². The number of aliphatic hydroxyl groups excluding tert-OH is 3. The van der Waals surface area contributed by atoms with Gasteiger partial charge in [-0.1, -0.05) is 181 Å². The average molecular weight is 633 g/mol. The van der Waals surface area contributed by atoms with Gasteiger partial charge in [-0.3, -0.25) is 9.59 Å². The van der Waals surface area contributed by atoms with Crippen molar-refractivity contribution < 1.29 is 35.1 Å². The summed E-state index contributed by atoms with van der Waals surface area (Å²) in [6, 6.07) is 0. The number of carboxylic acid groups (broad SMARTS) is 2. The quantitative estimate of drug-likeness (QED) is 0.0466. The molecule has 5 N–H and O–H groups in total. The van der Waals surface area contributed by atoms with E-state index in [1.54, 1.807) is 0 Å². The van der Waals surface area contributed by atoms with Crippen molar-refractivity contribution in [2.75, 3.05) is 13.2 Å². The fraction of sp³-hybridized carbons (Fsp3) is 0.946. The molecule has 7 heteroatoms. The van der Waals surface area contributed by atoms with Gasteiger partial charge >= 0.3 is 11.9 Å². The van der Waals surface area contributed by atoms with E-state index in [1.165, 1.54) is 154 Å². The molecular formula is C37H76O7. The first-order chi connectivity index (χ1) is 21.3. The van der Waals surface area contributed by atoms with E-state index in [9.17, 15) is 9.59 Å². The van der Waals surface area contributed by atoms with Crippen LogP contribution in [0.4, 0.5) is 0 Å². The number of carbonyl (C=O) groups is 2. The molecule has 0 bridgehead atoms. The second-order valence-corrected chi connectivity index (χ2v) is 12.5. The van der Waals surface area contributed by atoms with Crippen molar-refractivity contribution in [3.8, 4) is 0 Å². The lowest BCUT2D eigenvalue weighted by Gasteiger charge is -2.03. The normalized spacial score (nSPS) is 10.7. The minimum atomic E-state index is -0.954. The second kappa shape index (κ2) is 43.9. The molecule has 0 aromatic rings. The molecule has 0 saturated heterocycles. The first-order valence-corrected chi connectivity index (χ1v) is 18.7. The Hall–Kier alpha value is -1.18. The second-order valence-electron chi connectivity index (χ2n) is 12.5. The van der Waals surface area contributed by atoms with Crippen LogP contribution >= 0.6 is 0 Å². The first-order valence-electron chi connectivity index (χ1n) is 18.7. The van der Waals surface area contributed by atoms with Gasteiger partial charge in [0.2, 0.25) is 0 Å². The van der Waals surface area contributed by atoms with Crippen LogP contribution in [0.1, 0.15) is 206 Å². The van der Waals surface area contributed by atoms with Crippen LogP contribution in [0, 0.1) is 0 Å². The smallest absolute Gasteiger partial charge is 0.303 e. The van der Waals surface area contributed by atoms with Crippen LogP contribution < -0.4 is 0 Å². The fourth-order valence-electron chi connectivity index (χ4n) is 5.00. The summed E-state index contributed by atoms with van der Waals surface area (Å²) in [4.78, 5) is 20.6. The molecule has 0 aromatic carbocycles. The average Bonchev–Trinajstić information content (AvgIpc) is 3.01. The zero-order chi connectivity index (χ0) is 33.4. The van der Waals surface area contributed by atoms with Gasteiger partial charge < -0.3 is 25.5 Å². The van der Waals surface area contributed by atoms with Crippen LogP contribution in [0.5, 0.6) is 0 Å². The number of unbranched alkanes of at least 4 members (excludes halogenated alkanes) is 26. The molecule has 7 nitrogen and oxygen atoms in total. The van der Waals surface area contributed by atoms with Gasteiger partial charge in [-0.25, -0.2) is 0 Å². The molecule has 0 aliphatic carbocycles. The van der Waals surface area contributed by atoms with Crippen LogP contribution in [0.2, 0.25) is 0 Å². The molecule has 0 spiro atoms. The largest absolute Gasteiger partial charge is 0.481 e. The maximum absolute atomic E-state index is 10.3. The van der Waals surface area contributed by atoms with Crippen LogP contribution in [0.15, 0.2) is 0 Å². The number of hydrogen-bond acceptors (Lipinski definition) is 5. The topological polar surface area (TPSA) is 135 Å². The summed E-state index contributed by atoms with van der Waals surface area (Å²) >= 11 is 0. The predicted octanol–water partition coefficient (Wildman–Crippen LogP) is 10.2. The molecule has 0 rings (SSSR count). The summed E-state index contributed by atoms with van der Waals surface area (Å²) in [5.41, 5.74) is 0. The van der Waals surface area contributed by atoms with Crippen molar-refractivity contribution in [2.24, 2.45) is 0 Å². The van der Waals surface area contributed by atoms with E-state index in [2.05, 4.69) is 13.8 Å². The molecule has 0 amide bonds. The van der Waals surface area contributed by atoms with E-state index in [0.29, 0.717) is 12.8 Å². The number of carboxylic acids is 2. The molecule has 0 atom stereocenters. The Kier molecular flexibility index (Phi) is 47.2. The predicted molar refractivity (Wildman–Crippen MR) is 185 cm³/mol. The summed E-state index contributed by atoms with van der Waals surface area (Å²) in [5, 5.41) is 41.0. The minimum Gasteiger partial charge on any atom is -0.481 e. The van der Waals surface area contributed by atoms with Crippen molar-refractivity contribution in [3.63, 3.8) is 0 Å². The summed E-state index contributed by atoms with van der Waals surface area (Å²) in [6.45, 7) is 3.80. The highest BCUT2D eigenvalue weighted by molar-refractivity contribution is 5.66. The van der Waals surface area contributed by atoms with Crippen LogP contribution in [0.3, 0.4) is 0 Å². The molecule has 266 valence electrons. The highest BCUT2D eigenvalue weighted by atomic mass is 16.4. The minimum absolute atomic E-state index is 0.345. The highest BCUT2D eigenvalue weighted by Crippen LogP contribution is 2.14. The highest BCUT2D eigenvalue weighted by Gasteiger charge is 1.98. The van der Waals surface area contributed by atoms with Crippen LogP contribution in [-0.2, 0) is 9.59 Å². The zero-order valence-electron chi connectivity index (χ0n) is 29.3. The Morgan fingerprint density at radius 1 is 0.386 bits per heavy atom. The lowest BCUT2D eigenvalue weighted by molar-refractivity contribution is -0.138. The van der Waals surface area contributed by atoms with Crippen molar-refractivity contribution >= 4 is 11.9 Å². The Morgan fingerprint density at radius 3 is 0.705 bits per heavy atom. The number of hydrogen-bond donors (Lipinski definition) is 5. The SMILES string of the molecule is CCCCCCCCCCCCCCCC(=O)O.CCCCCCCCCCCCCCCCCC(=O)O.OCC(O)CO. The van der Waals surface area contributed by atoms with Gasteiger partial charge in [0.1, 0.15) is 6.10 Å². The Bertz CT molecular complexity index is 538. The maximum Gasteiger partial charge on any atom is 0.303 e. The molecule has 0 heterocycles. The van der Waals surface area contributed by atoms with Crippen molar-refractivity contribution in [2.45, 2.75) is 213 Å². The van der Waals surface area contributed by atoms with E-state index in [4.69, 9.17) is 25.5 Å². The molecule has 0 aliphatic heterocycles. The Labute approximate surface area is 272 Å². The van der Waals surface area contributed by atoms with Gasteiger partial charge in [0.25, 0.3) is 0 Å². The van der Waals surface area contributed by atoms with Gasteiger partial charge in [-0.2, -0.15) is 0 Å². The first kappa shape index (κ1) is 47.2. The summed E-state index contributed by atoms with van der Waals surface area (Å²) in [5.74, 6) is -1.31. The van der Waals surface area contributed by atoms with Crippen LogP contribution in [0.25, 0.3) is 0 Å². The molecule has 0 fully saturated rings. The van der Waals surface area contributed by atoms with Crippen LogP contribution in [-0.4, -0.2) is 56.8 Å². The lowest BCUT2D eigenvalue weighted by atomic mass is 10.0. The van der Waals surface area contributed by atoms with Gasteiger partial charge in [0.15, 0.2) is 0 Å². The van der Waals surface area contributed by atoms with E-state index in [0.717, 1.165) is 25.7 Å². The Balaban J connectivity index is -0.000000647. The number of aliphatic carboxylic acids is 2. The van der Waals surface area contributed by atoms with Gasteiger partial charge in [0.05, 0.1) is 13.2 Å². The summed E-state index contributed by atoms with van der Waals surface area (Å²) in [7, 11) is 0. The number of rotatable bonds is 32. The van der Waals surface area contributed by atoms with Crippen molar-refractivity contribution in [3.05, 3.63) is 0 Å². The molecule has 0 radical (unpaired) electrons. The third-order valence-corrected chi connectivity index (χ3v) is 7.91. The van der Waals surface area contributed by atoms with Gasteiger partial charge in [-0.05, 0) is 12.8 Å². The van der Waals surface area contributed by atoms with E-state index >= 15 is 0 Å². The standard InChI is InChI=1S/C18H36O2.C16H32O2.C3H8O3/c1-2-3-4-5-6-7-8-9-10-11-12-13-14-15-16-17-18(19)20;1-2-3-4-5-6-7-8-9-10-11-12-13-14-15-16(17)18;4-1-3(6)2-5/h2-17H2,1H3,(H,19,20);2-15H2,1H3,(H,17,18);3-6H,1-2H2. The third-order valence-electron chi connectivity index (χ3n) is 7.91. The fourth-order valence-corrected chi connectivity index (χ4v) is 5.00. The monoisotopic (exact) mass is 633 g/mol. The lowest BCUT2D eigenvalue weighted by Crippen LogP contribution is -2.15. The maximum atomic E-state index is 10.3. The molecule has 0 unspecified atom stereocenters. The summed E-state index contributed by atoms with van der Waals surface area (Å²) in [6.07, 6.45) is 36.5. The van der Waals surface area contributed by atoms with Crippen molar-refractivity contribution in [1.82, 2.24) is 0 Å². The molecule has 0 aromatic heterocycles. The third kappa shape index (κ3) is 53.4.